The van der Waals surface area contributed by atoms with E-state index in [0.29, 0.717) is 0 Å². The first-order valence-electron chi connectivity index (χ1n) is 7.12. The zero-order valence-electron chi connectivity index (χ0n) is 12.1. The number of phosphoric ester groups is 1. The van der Waals surface area contributed by atoms with Crippen molar-refractivity contribution in [2.75, 3.05) is 0 Å². The van der Waals surface area contributed by atoms with E-state index in [-0.39, 0.29) is 0 Å². The van der Waals surface area contributed by atoms with Crippen molar-refractivity contribution < 1.29 is 18.5 Å². The third kappa shape index (κ3) is 13.5. The summed E-state index contributed by atoms with van der Waals surface area (Å²) >= 11 is 0. The van der Waals surface area contributed by atoms with Crippen LogP contribution in [0.4, 0.5) is 0 Å². The largest absolute Gasteiger partial charge is 0.583 e. The summed E-state index contributed by atoms with van der Waals surface area (Å²) in [5, 5.41) is 0. The van der Waals surface area contributed by atoms with Gasteiger partial charge in [0.1, 0.15) is 0 Å². The van der Waals surface area contributed by atoms with Gasteiger partial charge in [-0.25, -0.2) is 4.57 Å². The number of hydrogen-bond acceptors (Lipinski definition) is 3. The molecule has 0 amide bonds. The molecular weight excluding hydrogens is 263 g/mol. The Bertz CT molecular complexity index is 274. The summed E-state index contributed by atoms with van der Waals surface area (Å²) < 4.78 is 20.8. The minimum atomic E-state index is -3.98. The van der Waals surface area contributed by atoms with E-state index in [1.807, 2.05) is 0 Å². The summed E-state index contributed by atoms with van der Waals surface area (Å²) in [6.07, 6.45) is 14.4. The van der Waals surface area contributed by atoms with Gasteiger partial charge in [-0.3, -0.25) is 4.89 Å². The van der Waals surface area contributed by atoms with E-state index in [0.717, 1.165) is 51.4 Å². The molecule has 4 nitrogen and oxygen atoms in total. The molecule has 0 bridgehead atoms. The summed E-state index contributed by atoms with van der Waals surface area (Å²) in [6.45, 7) is 4.26. The second-order valence-corrected chi connectivity index (χ2v) is 5.77. The smallest absolute Gasteiger partial charge is 0.404 e. The Morgan fingerprint density at radius 2 is 1.32 bits per heavy atom. The van der Waals surface area contributed by atoms with Gasteiger partial charge in [0.05, 0.1) is 12.5 Å². The number of phosphoric acid groups is 1. The zero-order valence-corrected chi connectivity index (χ0v) is 13.0. The molecule has 0 heterocycles. The Hall–Kier alpha value is -0.730. The van der Waals surface area contributed by atoms with E-state index in [9.17, 15) is 9.46 Å². The molecule has 0 radical (unpaired) electrons. The molecule has 0 aliphatic carbocycles. The van der Waals surface area contributed by atoms with Crippen LogP contribution in [-0.4, -0.2) is 4.89 Å². The maximum absolute atomic E-state index is 11.4. The molecule has 0 fully saturated rings. The topological polar surface area (TPSA) is 55.8 Å². The monoisotopic (exact) mass is 290 g/mol. The second-order valence-electron chi connectivity index (χ2n) is 4.41. The van der Waals surface area contributed by atoms with Crippen molar-refractivity contribution in [2.24, 2.45) is 0 Å². The van der Waals surface area contributed by atoms with Crippen LogP contribution in [0.3, 0.4) is 0 Å². The van der Waals surface area contributed by atoms with Gasteiger partial charge < -0.3 is 9.05 Å². The van der Waals surface area contributed by atoms with Gasteiger partial charge in [0, 0.05) is 0 Å². The first kappa shape index (κ1) is 18.3. The summed E-state index contributed by atoms with van der Waals surface area (Å²) in [6, 6.07) is 0. The zero-order chi connectivity index (χ0) is 14.4. The Balaban J connectivity index is 3.70. The number of hydrogen-bond donors (Lipinski definition) is 1. The highest BCUT2D eigenvalue weighted by Gasteiger charge is 2.19. The lowest BCUT2D eigenvalue weighted by Gasteiger charge is -2.07. The van der Waals surface area contributed by atoms with Crippen LogP contribution in [0.25, 0.3) is 0 Å². The molecule has 112 valence electrons. The van der Waals surface area contributed by atoms with Gasteiger partial charge in [0.2, 0.25) is 0 Å². The standard InChI is InChI=1S/C14H27O4P/c1-3-5-7-9-11-13-17-19(15,16)18-14-12-10-8-6-4-2/h11-14H,3-10H2,1-2H3,(H,15,16). The van der Waals surface area contributed by atoms with Crippen LogP contribution in [-0.2, 0) is 13.6 Å². The fraction of sp³-hybridized carbons (Fsp3) is 0.714. The Labute approximate surface area is 117 Å². The van der Waals surface area contributed by atoms with Gasteiger partial charge in [-0.15, -0.1) is 0 Å². The van der Waals surface area contributed by atoms with Gasteiger partial charge in [-0.1, -0.05) is 39.5 Å². The highest BCUT2D eigenvalue weighted by atomic mass is 31.2. The van der Waals surface area contributed by atoms with Crippen molar-refractivity contribution in [1.82, 2.24) is 0 Å². The molecule has 0 atom stereocenters. The lowest BCUT2D eigenvalue weighted by Crippen LogP contribution is -1.84. The lowest BCUT2D eigenvalue weighted by molar-refractivity contribution is 0.243. The van der Waals surface area contributed by atoms with E-state index >= 15 is 0 Å². The van der Waals surface area contributed by atoms with E-state index in [2.05, 4.69) is 13.8 Å². The third-order valence-corrected chi connectivity index (χ3v) is 3.31. The Kier molecular flexibility index (Phi) is 11.8. The average molecular weight is 290 g/mol. The summed E-state index contributed by atoms with van der Waals surface area (Å²) in [5.74, 6) is 0. The van der Waals surface area contributed by atoms with Gasteiger partial charge in [0.15, 0.2) is 0 Å². The third-order valence-electron chi connectivity index (χ3n) is 2.53. The average Bonchev–Trinajstić information content (AvgIpc) is 2.38. The maximum Gasteiger partial charge on any atom is 0.583 e. The highest BCUT2D eigenvalue weighted by Crippen LogP contribution is 2.43. The Morgan fingerprint density at radius 1 is 0.895 bits per heavy atom. The molecule has 0 aromatic heterocycles. The van der Waals surface area contributed by atoms with E-state index < -0.39 is 7.82 Å². The van der Waals surface area contributed by atoms with Crippen LogP contribution in [0.1, 0.15) is 65.2 Å². The van der Waals surface area contributed by atoms with Crippen LogP contribution < -0.4 is 0 Å². The normalized spacial score (nSPS) is 14.9. The van der Waals surface area contributed by atoms with E-state index in [1.54, 1.807) is 12.2 Å². The van der Waals surface area contributed by atoms with Crippen molar-refractivity contribution in [3.8, 4) is 0 Å². The van der Waals surface area contributed by atoms with Gasteiger partial charge >= 0.3 is 7.82 Å². The van der Waals surface area contributed by atoms with E-state index in [1.165, 1.54) is 12.5 Å². The molecule has 0 aromatic carbocycles. The molecule has 0 saturated carbocycles. The molecule has 0 unspecified atom stereocenters. The number of rotatable bonds is 12. The van der Waals surface area contributed by atoms with E-state index in [4.69, 9.17) is 9.05 Å². The molecule has 0 spiro atoms. The number of allylic oxidation sites excluding steroid dienone is 2. The second kappa shape index (κ2) is 12.3. The van der Waals surface area contributed by atoms with Gasteiger partial charge in [0.25, 0.3) is 0 Å². The van der Waals surface area contributed by atoms with Crippen LogP contribution >= 0.6 is 7.82 Å². The predicted octanol–water partition coefficient (Wildman–Crippen LogP) is 5.31. The fourth-order valence-corrected chi connectivity index (χ4v) is 1.95. The van der Waals surface area contributed by atoms with Crippen molar-refractivity contribution >= 4 is 7.82 Å². The molecule has 0 aliphatic heterocycles. The molecule has 1 N–H and O–H groups in total. The fourth-order valence-electron chi connectivity index (χ4n) is 1.43. The molecule has 0 saturated heterocycles. The van der Waals surface area contributed by atoms with Crippen LogP contribution in [0.15, 0.2) is 24.7 Å². The first-order valence-corrected chi connectivity index (χ1v) is 8.61. The SMILES string of the molecule is CCCCCC=COP(=O)(O)OC=CCCCCC. The van der Waals surface area contributed by atoms with Gasteiger partial charge in [-0.2, -0.15) is 0 Å². The summed E-state index contributed by atoms with van der Waals surface area (Å²) in [7, 11) is -3.98. The molecule has 0 rings (SSSR count). The molecule has 0 aromatic rings. The minimum absolute atomic E-state index is 0.848. The maximum atomic E-state index is 11.4. The molecular formula is C14H27O4P. The quantitative estimate of drug-likeness (QED) is 0.301. The minimum Gasteiger partial charge on any atom is -0.404 e. The van der Waals surface area contributed by atoms with Gasteiger partial charge in [-0.05, 0) is 37.8 Å². The summed E-state index contributed by atoms with van der Waals surface area (Å²) in [4.78, 5) is 9.33. The number of unbranched alkanes of at least 4 members (excludes halogenated alkanes) is 6. The Morgan fingerprint density at radius 3 is 1.68 bits per heavy atom. The predicted molar refractivity (Wildman–Crippen MR) is 78.6 cm³/mol. The van der Waals surface area contributed by atoms with Crippen molar-refractivity contribution in [3.63, 3.8) is 0 Å². The lowest BCUT2D eigenvalue weighted by atomic mass is 10.2. The van der Waals surface area contributed by atoms with Crippen molar-refractivity contribution in [1.29, 1.82) is 0 Å². The summed E-state index contributed by atoms with van der Waals surface area (Å²) in [5.41, 5.74) is 0. The van der Waals surface area contributed by atoms with Crippen molar-refractivity contribution in [3.05, 3.63) is 24.7 Å². The van der Waals surface area contributed by atoms with Crippen LogP contribution in [0.2, 0.25) is 0 Å². The first-order chi connectivity index (χ1) is 9.12. The van der Waals surface area contributed by atoms with Crippen LogP contribution in [0, 0.1) is 0 Å². The van der Waals surface area contributed by atoms with Crippen LogP contribution in [0.5, 0.6) is 0 Å². The highest BCUT2D eigenvalue weighted by molar-refractivity contribution is 7.47. The van der Waals surface area contributed by atoms with Crippen molar-refractivity contribution in [2.45, 2.75) is 65.2 Å². The molecule has 19 heavy (non-hydrogen) atoms. The molecule has 0 aliphatic rings. The molecule has 5 heteroatoms.